The Balaban J connectivity index is 2.30. The van der Waals surface area contributed by atoms with Crippen molar-refractivity contribution in [3.63, 3.8) is 0 Å². The minimum Gasteiger partial charge on any atom is -0.472 e. The first-order valence-corrected chi connectivity index (χ1v) is 7.26. The molecule has 0 aliphatic carbocycles. The Bertz CT molecular complexity index is 424. The largest absolute Gasteiger partial charge is 0.472 e. The van der Waals surface area contributed by atoms with Gasteiger partial charge in [-0.05, 0) is 37.4 Å². The van der Waals surface area contributed by atoms with Crippen LogP contribution >= 0.6 is 23.2 Å². The number of hydrogen-bond acceptors (Lipinski definition) is 2. The van der Waals surface area contributed by atoms with Gasteiger partial charge in [0.25, 0.3) is 0 Å². The van der Waals surface area contributed by atoms with Gasteiger partial charge in [0.15, 0.2) is 5.56 Å². The van der Waals surface area contributed by atoms with Crippen LogP contribution < -0.4 is 10.5 Å². The van der Waals surface area contributed by atoms with E-state index in [9.17, 15) is 0 Å². The highest BCUT2D eigenvalue weighted by atomic mass is 35.5. The van der Waals surface area contributed by atoms with Gasteiger partial charge in [-0.2, -0.15) is 0 Å². The van der Waals surface area contributed by atoms with Crippen molar-refractivity contribution in [2.24, 2.45) is 5.73 Å². The van der Waals surface area contributed by atoms with E-state index in [1.54, 1.807) is 0 Å². The second-order valence-electron chi connectivity index (χ2n) is 4.77. The van der Waals surface area contributed by atoms with Gasteiger partial charge in [-0.25, -0.2) is 0 Å². The van der Waals surface area contributed by atoms with Gasteiger partial charge in [-0.1, -0.05) is 37.1 Å². The molecule has 2 nitrogen and oxygen atoms in total. The van der Waals surface area contributed by atoms with Crippen LogP contribution in [0.3, 0.4) is 0 Å². The van der Waals surface area contributed by atoms with Gasteiger partial charge < -0.3 is 10.5 Å². The number of halogens is 2. The Morgan fingerprint density at radius 2 is 2.22 bits per heavy atom. The first-order valence-electron chi connectivity index (χ1n) is 6.45. The van der Waals surface area contributed by atoms with Crippen LogP contribution in [0, 0.1) is 0 Å². The molecule has 4 heteroatoms. The normalized spacial score (nSPS) is 25.9. The van der Waals surface area contributed by atoms with Gasteiger partial charge in [0.1, 0.15) is 10.6 Å². The third-order valence-corrected chi connectivity index (χ3v) is 4.57. The first kappa shape index (κ1) is 14.0. The summed E-state index contributed by atoms with van der Waals surface area (Å²) < 4.78 is 5.61. The van der Waals surface area contributed by atoms with Crippen LogP contribution in [-0.2, 0) is 11.3 Å². The molecule has 0 amide bonds. The first-order chi connectivity index (χ1) is 8.61. The summed E-state index contributed by atoms with van der Waals surface area (Å²) in [6.45, 7) is 2.68. The summed E-state index contributed by atoms with van der Waals surface area (Å²) in [5.41, 5.74) is 7.36. The fourth-order valence-electron chi connectivity index (χ4n) is 2.33. The van der Waals surface area contributed by atoms with Crippen molar-refractivity contribution < 1.29 is 4.74 Å². The molecular formula is C14H19Cl2NO. The minimum absolute atomic E-state index is 0.495. The van der Waals surface area contributed by atoms with Crippen molar-refractivity contribution in [1.29, 1.82) is 0 Å². The van der Waals surface area contributed by atoms with Crippen molar-refractivity contribution in [2.75, 3.05) is 6.54 Å². The van der Waals surface area contributed by atoms with Crippen LogP contribution in [0.15, 0.2) is 18.2 Å². The summed E-state index contributed by atoms with van der Waals surface area (Å²) >= 11 is 12.8. The molecule has 0 saturated carbocycles. The molecule has 1 aromatic carbocycles. The average Bonchev–Trinajstić information content (AvgIpc) is 2.60. The highest BCUT2D eigenvalue weighted by Gasteiger charge is 2.46. The number of hydrogen-bond donors (Lipinski definition) is 1. The molecule has 0 fully saturated rings. The highest BCUT2D eigenvalue weighted by molar-refractivity contribution is 6.32. The van der Waals surface area contributed by atoms with Crippen LogP contribution in [0.2, 0.25) is 0 Å². The predicted molar refractivity (Wildman–Crippen MR) is 76.5 cm³/mol. The molecule has 0 bridgehead atoms. The molecule has 100 valence electrons. The summed E-state index contributed by atoms with van der Waals surface area (Å²) in [4.78, 5) is -0.687. The van der Waals surface area contributed by atoms with E-state index in [1.165, 1.54) is 18.4 Å². The van der Waals surface area contributed by atoms with Gasteiger partial charge >= 0.3 is 0 Å². The van der Waals surface area contributed by atoms with E-state index in [0.29, 0.717) is 13.0 Å². The average molecular weight is 288 g/mol. The lowest BCUT2D eigenvalue weighted by molar-refractivity contribution is 0.265. The molecule has 1 aliphatic rings. The number of benzene rings is 1. The summed E-state index contributed by atoms with van der Waals surface area (Å²) in [6.07, 6.45) is 4.04. The molecule has 18 heavy (non-hydrogen) atoms. The van der Waals surface area contributed by atoms with Crippen LogP contribution in [0.5, 0.6) is 5.75 Å². The Labute approximate surface area is 118 Å². The number of aryl methyl sites for hydroxylation is 1. The van der Waals surface area contributed by atoms with E-state index in [2.05, 4.69) is 19.1 Å². The van der Waals surface area contributed by atoms with E-state index in [0.717, 1.165) is 17.7 Å². The lowest BCUT2D eigenvalue weighted by Gasteiger charge is -2.23. The molecular weight excluding hydrogens is 269 g/mol. The number of fused-ring (bicyclic) bond motifs is 1. The van der Waals surface area contributed by atoms with E-state index in [4.69, 9.17) is 33.7 Å². The van der Waals surface area contributed by atoms with Crippen molar-refractivity contribution in [3.05, 3.63) is 29.3 Å². The van der Waals surface area contributed by atoms with Crippen LogP contribution in [0.4, 0.5) is 0 Å². The highest BCUT2D eigenvalue weighted by Crippen LogP contribution is 2.49. The second-order valence-corrected chi connectivity index (χ2v) is 5.84. The van der Waals surface area contributed by atoms with Gasteiger partial charge in [-0.15, -0.1) is 11.6 Å². The zero-order valence-electron chi connectivity index (χ0n) is 10.6. The maximum absolute atomic E-state index is 6.62. The summed E-state index contributed by atoms with van der Waals surface area (Å²) in [7, 11) is 0. The van der Waals surface area contributed by atoms with Crippen molar-refractivity contribution >= 4 is 23.2 Å². The molecule has 0 spiro atoms. The van der Waals surface area contributed by atoms with Gasteiger partial charge in [0.2, 0.25) is 0 Å². The van der Waals surface area contributed by atoms with Crippen molar-refractivity contribution in [2.45, 2.75) is 43.0 Å². The zero-order valence-corrected chi connectivity index (χ0v) is 12.1. The van der Waals surface area contributed by atoms with Crippen LogP contribution in [-0.4, -0.2) is 12.1 Å². The van der Waals surface area contributed by atoms with E-state index in [-0.39, 0.29) is 0 Å². The van der Waals surface area contributed by atoms with Gasteiger partial charge in [0, 0.05) is 5.56 Å². The zero-order chi connectivity index (χ0) is 13.2. The number of nitrogens with two attached hydrogens (primary N) is 1. The predicted octanol–water partition coefficient (Wildman–Crippen LogP) is 3.77. The second kappa shape index (κ2) is 5.68. The number of ether oxygens (including phenoxy) is 1. The van der Waals surface area contributed by atoms with Crippen LogP contribution in [0.1, 0.15) is 37.3 Å². The maximum atomic E-state index is 6.62. The quantitative estimate of drug-likeness (QED) is 0.837. The Morgan fingerprint density at radius 1 is 1.44 bits per heavy atom. The smallest absolute Gasteiger partial charge is 0.195 e. The SMILES string of the molecule is CCCCc1ccc2c(c1)C(Cl)(CCN)C(Cl)O2. The molecule has 2 atom stereocenters. The third-order valence-electron chi connectivity index (χ3n) is 3.41. The van der Waals surface area contributed by atoms with E-state index in [1.807, 2.05) is 6.07 Å². The molecule has 2 unspecified atom stereocenters. The Hall–Kier alpha value is -0.440. The van der Waals surface area contributed by atoms with Gasteiger partial charge in [-0.3, -0.25) is 0 Å². The minimum atomic E-state index is -0.687. The summed E-state index contributed by atoms with van der Waals surface area (Å²) in [6, 6.07) is 6.18. The molecule has 2 rings (SSSR count). The van der Waals surface area contributed by atoms with Crippen LogP contribution in [0.25, 0.3) is 0 Å². The third kappa shape index (κ3) is 2.47. The molecule has 0 saturated heterocycles. The molecule has 2 N–H and O–H groups in total. The summed E-state index contributed by atoms with van der Waals surface area (Å²) in [5.74, 6) is 0.790. The molecule has 0 aromatic heterocycles. The van der Waals surface area contributed by atoms with E-state index < -0.39 is 10.4 Å². The van der Waals surface area contributed by atoms with E-state index >= 15 is 0 Å². The summed E-state index contributed by atoms with van der Waals surface area (Å²) in [5, 5.41) is 0. The topological polar surface area (TPSA) is 35.2 Å². The lowest BCUT2D eigenvalue weighted by atomic mass is 9.94. The fraction of sp³-hybridized carbons (Fsp3) is 0.571. The standard InChI is InChI=1S/C14H19Cl2NO/c1-2-3-4-10-5-6-12-11(9-10)14(16,7-8-17)13(15)18-12/h5-6,9,13H,2-4,7-8,17H2,1H3. The van der Waals surface area contributed by atoms with Gasteiger partial charge in [0.05, 0.1) is 0 Å². The number of rotatable bonds is 5. The Kier molecular flexibility index (Phi) is 4.41. The number of unbranched alkanes of at least 4 members (excludes halogenated alkanes) is 1. The fourth-order valence-corrected chi connectivity index (χ4v) is 2.95. The Morgan fingerprint density at radius 3 is 2.89 bits per heavy atom. The van der Waals surface area contributed by atoms with Crippen molar-refractivity contribution in [3.8, 4) is 5.75 Å². The maximum Gasteiger partial charge on any atom is 0.195 e. The monoisotopic (exact) mass is 287 g/mol. The molecule has 1 heterocycles. The van der Waals surface area contributed by atoms with Crippen molar-refractivity contribution in [1.82, 2.24) is 0 Å². The lowest BCUT2D eigenvalue weighted by Crippen LogP contribution is -2.30. The molecule has 0 radical (unpaired) electrons. The number of alkyl halides is 2. The molecule has 1 aliphatic heterocycles. The molecule has 1 aromatic rings.